The van der Waals surface area contributed by atoms with Crippen LogP contribution in [-0.4, -0.2) is 26.7 Å². The predicted octanol–water partition coefficient (Wildman–Crippen LogP) is 1.05. The first kappa shape index (κ1) is 12.6. The number of rotatable bonds is 1. The molecule has 0 atom stereocenters. The van der Waals surface area contributed by atoms with Crippen molar-refractivity contribution in [2.45, 2.75) is 0 Å². The van der Waals surface area contributed by atoms with E-state index in [2.05, 4.69) is 22.0 Å². The summed E-state index contributed by atoms with van der Waals surface area (Å²) in [5.74, 6) is 1.33. The van der Waals surface area contributed by atoms with Crippen LogP contribution in [0.15, 0.2) is 18.2 Å². The molecule has 0 amide bonds. The van der Waals surface area contributed by atoms with Crippen molar-refractivity contribution in [1.82, 2.24) is 19.6 Å². The first-order chi connectivity index (χ1) is 8.20. The number of nitrogens with two attached hydrogens (primary N) is 1. The molecule has 1 aromatic carbocycles. The van der Waals surface area contributed by atoms with Gasteiger partial charge in [0.25, 0.3) is 0 Å². The third kappa shape index (κ3) is 1.68. The molecule has 7 heteroatoms. The van der Waals surface area contributed by atoms with E-state index in [1.165, 1.54) is 4.52 Å². The van der Waals surface area contributed by atoms with Crippen LogP contribution in [0.4, 0.5) is 5.95 Å². The molecule has 0 aliphatic rings. The van der Waals surface area contributed by atoms with Gasteiger partial charge in [-0.05, 0) is 12.1 Å². The molecule has 0 saturated heterocycles. The van der Waals surface area contributed by atoms with Crippen molar-refractivity contribution in [2.75, 3.05) is 12.8 Å². The van der Waals surface area contributed by atoms with E-state index in [9.17, 15) is 0 Å². The second-order valence-electron chi connectivity index (χ2n) is 3.59. The molecule has 6 nitrogen and oxygen atoms in total. The SMILES string of the molecule is [CH2-]c1nc2c3cccc(OC)c3nc(N)n2n1.[Re]. The zero-order valence-electron chi connectivity index (χ0n) is 9.59. The number of ether oxygens (including phenoxy) is 1. The Kier molecular flexibility index (Phi) is 3.11. The van der Waals surface area contributed by atoms with E-state index in [-0.39, 0.29) is 26.4 Å². The van der Waals surface area contributed by atoms with Gasteiger partial charge in [0.15, 0.2) is 5.65 Å². The summed E-state index contributed by atoms with van der Waals surface area (Å²) in [5.41, 5.74) is 7.13. The van der Waals surface area contributed by atoms with Crippen LogP contribution in [0.1, 0.15) is 5.82 Å². The second kappa shape index (κ2) is 4.44. The van der Waals surface area contributed by atoms with Gasteiger partial charge in [-0.3, -0.25) is 0 Å². The minimum atomic E-state index is 0. The molecule has 3 aromatic rings. The van der Waals surface area contributed by atoms with Gasteiger partial charge in [0.05, 0.1) is 7.11 Å². The molecule has 2 N–H and O–H groups in total. The minimum absolute atomic E-state index is 0. The Morgan fingerprint density at radius 3 is 2.83 bits per heavy atom. The van der Waals surface area contributed by atoms with Crippen molar-refractivity contribution in [1.29, 1.82) is 0 Å². The Balaban J connectivity index is 0.00000120. The summed E-state index contributed by atoms with van der Waals surface area (Å²) in [6.07, 6.45) is 0. The molecule has 1 radical (unpaired) electrons. The van der Waals surface area contributed by atoms with Crippen LogP contribution in [0, 0.1) is 6.92 Å². The van der Waals surface area contributed by atoms with Gasteiger partial charge in [0, 0.05) is 31.6 Å². The topological polar surface area (TPSA) is 78.3 Å². The quantitative estimate of drug-likeness (QED) is 0.603. The van der Waals surface area contributed by atoms with Crippen LogP contribution in [0.25, 0.3) is 16.6 Å². The predicted molar refractivity (Wildman–Crippen MR) is 63.7 cm³/mol. The van der Waals surface area contributed by atoms with E-state index in [1.54, 1.807) is 7.11 Å². The number of anilines is 1. The summed E-state index contributed by atoms with van der Waals surface area (Å²) < 4.78 is 6.72. The van der Waals surface area contributed by atoms with Crippen molar-refractivity contribution in [3.05, 3.63) is 30.9 Å². The maximum Gasteiger partial charge on any atom is 0.223 e. The number of nitrogen functional groups attached to an aromatic ring is 1. The Hall–Kier alpha value is -1.84. The van der Waals surface area contributed by atoms with Crippen LogP contribution >= 0.6 is 0 Å². The fourth-order valence-electron chi connectivity index (χ4n) is 1.83. The summed E-state index contributed by atoms with van der Waals surface area (Å²) in [4.78, 5) is 8.52. The smallest absolute Gasteiger partial charge is 0.223 e. The van der Waals surface area contributed by atoms with E-state index in [4.69, 9.17) is 10.5 Å². The number of benzene rings is 1. The van der Waals surface area contributed by atoms with Gasteiger partial charge in [-0.2, -0.15) is 9.61 Å². The van der Waals surface area contributed by atoms with E-state index < -0.39 is 0 Å². The molecule has 2 aromatic heterocycles. The molecule has 0 saturated carbocycles. The maximum absolute atomic E-state index is 5.83. The fraction of sp³-hybridized carbons (Fsp3) is 0.0909. The molecule has 0 aliphatic heterocycles. The molecule has 0 fully saturated rings. The normalized spacial score (nSPS) is 10.5. The second-order valence-corrected chi connectivity index (χ2v) is 3.59. The molecule has 18 heavy (non-hydrogen) atoms. The minimum Gasteiger partial charge on any atom is -0.494 e. The average molecular weight is 414 g/mol. The molecule has 2 heterocycles. The van der Waals surface area contributed by atoms with Crippen LogP contribution in [0.3, 0.4) is 0 Å². The van der Waals surface area contributed by atoms with Crippen LogP contribution in [0.5, 0.6) is 5.75 Å². The first-order valence-corrected chi connectivity index (χ1v) is 5.01. The Morgan fingerprint density at radius 1 is 1.33 bits per heavy atom. The van der Waals surface area contributed by atoms with Crippen molar-refractivity contribution in [3.63, 3.8) is 0 Å². The van der Waals surface area contributed by atoms with Crippen LogP contribution in [-0.2, 0) is 20.4 Å². The van der Waals surface area contributed by atoms with Gasteiger partial charge in [-0.25, -0.2) is 9.97 Å². The summed E-state index contributed by atoms with van der Waals surface area (Å²) in [6, 6.07) is 5.59. The number of fused-ring (bicyclic) bond motifs is 3. The van der Waals surface area contributed by atoms with Crippen molar-refractivity contribution < 1.29 is 25.2 Å². The van der Waals surface area contributed by atoms with Crippen LogP contribution < -0.4 is 10.5 Å². The summed E-state index contributed by atoms with van der Waals surface area (Å²) >= 11 is 0. The number of para-hydroxylation sites is 1. The zero-order chi connectivity index (χ0) is 12.0. The Morgan fingerprint density at radius 2 is 2.11 bits per heavy atom. The van der Waals surface area contributed by atoms with E-state index >= 15 is 0 Å². The van der Waals surface area contributed by atoms with Gasteiger partial charge in [-0.1, -0.05) is 6.07 Å². The van der Waals surface area contributed by atoms with Gasteiger partial charge >= 0.3 is 0 Å². The van der Waals surface area contributed by atoms with Crippen LogP contribution in [0.2, 0.25) is 0 Å². The van der Waals surface area contributed by atoms with Crippen molar-refractivity contribution in [2.24, 2.45) is 0 Å². The molecule has 3 rings (SSSR count). The summed E-state index contributed by atoms with van der Waals surface area (Å²) in [5, 5.41) is 4.92. The van der Waals surface area contributed by atoms with Gasteiger partial charge in [-0.15, -0.1) is 0 Å². The maximum atomic E-state index is 5.83. The number of hydrogen-bond acceptors (Lipinski definition) is 5. The zero-order valence-corrected chi connectivity index (χ0v) is 12.3. The monoisotopic (exact) mass is 415 g/mol. The fourth-order valence-corrected chi connectivity index (χ4v) is 1.83. The van der Waals surface area contributed by atoms with Crippen molar-refractivity contribution >= 4 is 22.5 Å². The van der Waals surface area contributed by atoms with E-state index in [0.29, 0.717) is 22.7 Å². The summed E-state index contributed by atoms with van der Waals surface area (Å²) in [6.45, 7) is 3.69. The average Bonchev–Trinajstić information content (AvgIpc) is 2.71. The third-order valence-electron chi connectivity index (χ3n) is 2.55. The van der Waals surface area contributed by atoms with Gasteiger partial charge < -0.3 is 17.4 Å². The number of nitrogens with zero attached hydrogens (tertiary/aromatic N) is 4. The molecule has 0 aliphatic carbocycles. The molecule has 0 spiro atoms. The Labute approximate surface area is 117 Å². The first-order valence-electron chi connectivity index (χ1n) is 5.01. The molecule has 0 unspecified atom stereocenters. The molecular formula is C11H10N5ORe-. The Bertz CT molecular complexity index is 724. The number of methoxy groups -OCH3 is 1. The summed E-state index contributed by atoms with van der Waals surface area (Å²) in [7, 11) is 1.59. The van der Waals surface area contributed by atoms with E-state index in [0.717, 1.165) is 5.39 Å². The third-order valence-corrected chi connectivity index (χ3v) is 2.55. The number of aromatic nitrogens is 4. The van der Waals surface area contributed by atoms with Gasteiger partial charge in [0.2, 0.25) is 5.95 Å². The van der Waals surface area contributed by atoms with Crippen molar-refractivity contribution in [3.8, 4) is 5.75 Å². The standard InChI is InChI=1S/C11H10N5O.Re/c1-6-13-10-7-4-3-5-8(17-2)9(7)14-11(12)16(10)15-6;/h3-5H,1H2,2H3,(H2,12,14);/q-1;. The van der Waals surface area contributed by atoms with Gasteiger partial charge in [0.1, 0.15) is 11.3 Å². The molecule has 93 valence electrons. The largest absolute Gasteiger partial charge is 0.494 e. The van der Waals surface area contributed by atoms with E-state index in [1.807, 2.05) is 18.2 Å². The molecular weight excluding hydrogens is 404 g/mol. The number of hydrogen-bond donors (Lipinski definition) is 1. The molecule has 0 bridgehead atoms.